The monoisotopic (exact) mass is 313 g/mol. The van der Waals surface area contributed by atoms with Gasteiger partial charge in [-0.1, -0.05) is 6.92 Å². The largest absolute Gasteiger partial charge is 0.381 e. The van der Waals surface area contributed by atoms with Crippen molar-refractivity contribution in [1.82, 2.24) is 9.55 Å². The van der Waals surface area contributed by atoms with Crippen molar-refractivity contribution in [2.45, 2.75) is 31.9 Å². The van der Waals surface area contributed by atoms with Crippen molar-refractivity contribution in [3.05, 3.63) is 22.7 Å². The lowest BCUT2D eigenvalue weighted by atomic mass is 10.4. The molecule has 118 valence electrons. The highest BCUT2D eigenvalue weighted by Gasteiger charge is 2.28. The Balaban J connectivity index is 2.11. The maximum Gasteiger partial charge on any atom is 0.351 e. The molecule has 0 N–H and O–H groups in total. The van der Waals surface area contributed by atoms with Crippen LogP contribution in [0.2, 0.25) is 0 Å². The van der Waals surface area contributed by atoms with Crippen molar-refractivity contribution in [2.24, 2.45) is 0 Å². The van der Waals surface area contributed by atoms with Gasteiger partial charge >= 0.3 is 5.69 Å². The third-order valence-electron chi connectivity index (χ3n) is 3.36. The fourth-order valence-corrected chi connectivity index (χ4v) is 3.37. The zero-order chi connectivity index (χ0) is 15.2. The van der Waals surface area contributed by atoms with Crippen molar-refractivity contribution >= 4 is 17.6 Å². The first-order chi connectivity index (χ1) is 10.2. The van der Waals surface area contributed by atoms with Crippen LogP contribution in [-0.4, -0.2) is 47.5 Å². The molecule has 0 saturated carbocycles. The second-order valence-electron chi connectivity index (χ2n) is 4.86. The average Bonchev–Trinajstić information content (AvgIpc) is 2.93. The van der Waals surface area contributed by atoms with Crippen LogP contribution in [-0.2, 0) is 9.47 Å². The van der Waals surface area contributed by atoms with Gasteiger partial charge in [-0.3, -0.25) is 4.57 Å². The molecule has 1 aromatic heterocycles. The molecule has 0 spiro atoms. The Morgan fingerprint density at radius 1 is 1.57 bits per heavy atom. The van der Waals surface area contributed by atoms with E-state index in [9.17, 15) is 4.79 Å². The summed E-state index contributed by atoms with van der Waals surface area (Å²) in [7, 11) is 1.65. The molecular weight excluding hydrogens is 290 g/mol. The molecule has 6 nitrogen and oxygen atoms in total. The number of ether oxygens (including phenoxy) is 2. The SMILES string of the molecule is CCCN(CC)c1ccn([C@H]2CS[C@@H](COC)O2)c(=O)n1. The molecule has 1 fully saturated rings. The second-order valence-corrected chi connectivity index (χ2v) is 6.06. The summed E-state index contributed by atoms with van der Waals surface area (Å²) in [6.07, 6.45) is 2.55. The Morgan fingerprint density at radius 2 is 2.38 bits per heavy atom. The summed E-state index contributed by atoms with van der Waals surface area (Å²) >= 11 is 1.66. The van der Waals surface area contributed by atoms with Crippen LogP contribution in [0.25, 0.3) is 0 Å². The first-order valence-corrected chi connectivity index (χ1v) is 8.34. The van der Waals surface area contributed by atoms with E-state index in [1.807, 2.05) is 6.07 Å². The second kappa shape index (κ2) is 7.82. The summed E-state index contributed by atoms with van der Waals surface area (Å²) in [6, 6.07) is 1.89. The van der Waals surface area contributed by atoms with Crippen molar-refractivity contribution in [1.29, 1.82) is 0 Å². The van der Waals surface area contributed by atoms with E-state index in [1.54, 1.807) is 29.6 Å². The van der Waals surface area contributed by atoms with Crippen LogP contribution in [0.1, 0.15) is 26.5 Å². The predicted molar refractivity (Wildman–Crippen MR) is 84.9 cm³/mol. The number of hydrogen-bond donors (Lipinski definition) is 0. The lowest BCUT2D eigenvalue weighted by molar-refractivity contribution is -0.0152. The molecule has 0 amide bonds. The van der Waals surface area contributed by atoms with Gasteiger partial charge in [0.1, 0.15) is 17.5 Å². The lowest BCUT2D eigenvalue weighted by Crippen LogP contribution is -2.32. The van der Waals surface area contributed by atoms with E-state index >= 15 is 0 Å². The quantitative estimate of drug-likeness (QED) is 0.764. The first kappa shape index (κ1) is 16.3. The third kappa shape index (κ3) is 3.99. The van der Waals surface area contributed by atoms with E-state index in [0.29, 0.717) is 6.61 Å². The number of anilines is 1. The first-order valence-electron chi connectivity index (χ1n) is 7.29. The number of nitrogens with zero attached hydrogens (tertiary/aromatic N) is 3. The predicted octanol–water partition coefficient (Wildman–Crippen LogP) is 1.71. The molecular formula is C14H23N3O3S. The molecule has 0 bridgehead atoms. The Hall–Kier alpha value is -1.05. The van der Waals surface area contributed by atoms with Crippen LogP contribution >= 0.6 is 11.8 Å². The van der Waals surface area contributed by atoms with Gasteiger partial charge in [-0.05, 0) is 19.4 Å². The van der Waals surface area contributed by atoms with Crippen LogP contribution in [0.3, 0.4) is 0 Å². The Bertz CT molecular complexity index is 508. The molecule has 21 heavy (non-hydrogen) atoms. The van der Waals surface area contributed by atoms with E-state index in [0.717, 1.165) is 31.1 Å². The highest BCUT2D eigenvalue weighted by Crippen LogP contribution is 2.30. The number of methoxy groups -OCH3 is 1. The normalized spacial score (nSPS) is 21.7. The minimum absolute atomic E-state index is 0.0150. The van der Waals surface area contributed by atoms with E-state index < -0.39 is 0 Å². The Morgan fingerprint density at radius 3 is 3.00 bits per heavy atom. The maximum atomic E-state index is 12.2. The highest BCUT2D eigenvalue weighted by atomic mass is 32.2. The summed E-state index contributed by atoms with van der Waals surface area (Å²) < 4.78 is 12.4. The zero-order valence-electron chi connectivity index (χ0n) is 12.8. The number of rotatable bonds is 7. The van der Waals surface area contributed by atoms with Crippen LogP contribution in [0, 0.1) is 0 Å². The lowest BCUT2D eigenvalue weighted by Gasteiger charge is -2.22. The fourth-order valence-electron chi connectivity index (χ4n) is 2.32. The molecule has 0 aliphatic carbocycles. The van der Waals surface area contributed by atoms with E-state index in [1.165, 1.54) is 0 Å². The highest BCUT2D eigenvalue weighted by molar-refractivity contribution is 8.00. The van der Waals surface area contributed by atoms with Crippen molar-refractivity contribution < 1.29 is 9.47 Å². The standard InChI is InChI=1S/C14H23N3O3S/c1-4-7-16(5-2)11-6-8-17(14(18)15-11)12-10-21-13(20-12)9-19-3/h6,8,12-13H,4-5,7,9-10H2,1-3H3/t12-,13+/m1/s1. The fraction of sp³-hybridized carbons (Fsp3) is 0.714. The molecule has 0 radical (unpaired) electrons. The van der Waals surface area contributed by atoms with Crippen LogP contribution in [0.5, 0.6) is 0 Å². The van der Waals surface area contributed by atoms with Crippen LogP contribution in [0.15, 0.2) is 17.1 Å². The average molecular weight is 313 g/mol. The van der Waals surface area contributed by atoms with Gasteiger partial charge in [0.25, 0.3) is 0 Å². The smallest absolute Gasteiger partial charge is 0.351 e. The number of thioether (sulfide) groups is 1. The van der Waals surface area contributed by atoms with Gasteiger partial charge in [-0.15, -0.1) is 11.8 Å². The maximum absolute atomic E-state index is 12.2. The van der Waals surface area contributed by atoms with Crippen molar-refractivity contribution in [3.8, 4) is 0 Å². The molecule has 0 unspecified atom stereocenters. The molecule has 2 heterocycles. The summed E-state index contributed by atoms with van der Waals surface area (Å²) in [5.74, 6) is 1.47. The molecule has 1 saturated heterocycles. The topological polar surface area (TPSA) is 56.6 Å². The van der Waals surface area contributed by atoms with E-state index in [-0.39, 0.29) is 17.4 Å². The van der Waals surface area contributed by atoms with Gasteiger partial charge in [0.2, 0.25) is 0 Å². The molecule has 2 rings (SSSR count). The van der Waals surface area contributed by atoms with Crippen LogP contribution < -0.4 is 10.6 Å². The van der Waals surface area contributed by atoms with Gasteiger partial charge in [0, 0.05) is 32.1 Å². The van der Waals surface area contributed by atoms with Gasteiger partial charge < -0.3 is 14.4 Å². The van der Waals surface area contributed by atoms with E-state index in [4.69, 9.17) is 9.47 Å². The third-order valence-corrected chi connectivity index (χ3v) is 4.46. The van der Waals surface area contributed by atoms with Gasteiger partial charge in [0.05, 0.1) is 6.61 Å². The number of hydrogen-bond acceptors (Lipinski definition) is 6. The Kier molecular flexibility index (Phi) is 6.08. The van der Waals surface area contributed by atoms with Crippen LogP contribution in [0.4, 0.5) is 5.82 Å². The van der Waals surface area contributed by atoms with Gasteiger partial charge in [-0.25, -0.2) is 4.79 Å². The van der Waals surface area contributed by atoms with Crippen molar-refractivity contribution in [2.75, 3.05) is 37.5 Å². The summed E-state index contributed by atoms with van der Waals surface area (Å²) in [6.45, 7) is 6.45. The summed E-state index contributed by atoms with van der Waals surface area (Å²) in [4.78, 5) is 18.5. The minimum atomic E-state index is -0.259. The minimum Gasteiger partial charge on any atom is -0.381 e. The zero-order valence-corrected chi connectivity index (χ0v) is 13.6. The molecule has 1 aromatic rings. The number of aromatic nitrogens is 2. The molecule has 0 aromatic carbocycles. The summed E-state index contributed by atoms with van der Waals surface area (Å²) in [5.41, 5.74) is -0.274. The molecule has 1 aliphatic rings. The van der Waals surface area contributed by atoms with E-state index in [2.05, 4.69) is 23.7 Å². The molecule has 1 aliphatic heterocycles. The van der Waals surface area contributed by atoms with Gasteiger partial charge in [0.15, 0.2) is 0 Å². The Labute approximate surface area is 129 Å². The van der Waals surface area contributed by atoms with Gasteiger partial charge in [-0.2, -0.15) is 4.98 Å². The molecule has 2 atom stereocenters. The van der Waals surface area contributed by atoms with Crippen molar-refractivity contribution in [3.63, 3.8) is 0 Å². The summed E-state index contributed by atoms with van der Waals surface area (Å²) in [5, 5.41) is 0. The molecule has 7 heteroatoms.